The monoisotopic (exact) mass is 299 g/mol. The smallest absolute Gasteiger partial charge is 0.268 e. The van der Waals surface area contributed by atoms with Crippen LogP contribution in [0.5, 0.6) is 0 Å². The van der Waals surface area contributed by atoms with Crippen molar-refractivity contribution in [3.05, 3.63) is 27.6 Å². The molecule has 1 N–H and O–H groups in total. The second-order valence-electron chi connectivity index (χ2n) is 4.40. The molecule has 1 atom stereocenters. The molecule has 0 bridgehead atoms. The fourth-order valence-electron chi connectivity index (χ4n) is 1.74. The maximum absolute atomic E-state index is 11.9. The van der Waals surface area contributed by atoms with Crippen molar-refractivity contribution >= 4 is 39.1 Å². The summed E-state index contributed by atoms with van der Waals surface area (Å²) in [5, 5.41) is 1.82. The summed E-state index contributed by atoms with van der Waals surface area (Å²) in [7, 11) is 1.67. The van der Waals surface area contributed by atoms with Crippen molar-refractivity contribution in [3.8, 4) is 0 Å². The maximum Gasteiger partial charge on any atom is 0.268 e. The molecule has 1 amide bonds. The fraction of sp³-hybridized carbons (Fsp3) is 0.417. The molecular weight excluding hydrogens is 286 g/mol. The average molecular weight is 300 g/mol. The number of halogens is 1. The molecule has 0 aromatic carbocycles. The minimum Gasteiger partial charge on any atom is -0.338 e. The number of H-pyrrole nitrogens is 1. The zero-order chi connectivity index (χ0) is 14.0. The van der Waals surface area contributed by atoms with Crippen LogP contribution in [0.2, 0.25) is 0 Å². The van der Waals surface area contributed by atoms with E-state index in [0.717, 1.165) is 0 Å². The fourth-order valence-corrected chi connectivity index (χ4v) is 2.60. The van der Waals surface area contributed by atoms with E-state index in [1.165, 1.54) is 16.2 Å². The van der Waals surface area contributed by atoms with Crippen LogP contribution >= 0.6 is 22.9 Å². The van der Waals surface area contributed by atoms with Gasteiger partial charge in [0.25, 0.3) is 5.56 Å². The Bertz CT molecular complexity index is 652. The van der Waals surface area contributed by atoms with Gasteiger partial charge in [-0.15, -0.1) is 22.9 Å². The molecule has 0 saturated heterocycles. The minimum absolute atomic E-state index is 0.0666. The van der Waals surface area contributed by atoms with Crippen molar-refractivity contribution in [2.24, 2.45) is 5.92 Å². The van der Waals surface area contributed by atoms with E-state index in [1.54, 1.807) is 20.0 Å². The van der Waals surface area contributed by atoms with Crippen LogP contribution in [0.15, 0.2) is 16.2 Å². The van der Waals surface area contributed by atoms with Gasteiger partial charge in [0, 0.05) is 18.8 Å². The molecule has 0 aliphatic carbocycles. The van der Waals surface area contributed by atoms with Crippen LogP contribution in [-0.2, 0) is 11.3 Å². The van der Waals surface area contributed by atoms with Crippen LogP contribution in [0, 0.1) is 5.92 Å². The molecule has 2 heterocycles. The highest BCUT2D eigenvalue weighted by Crippen LogP contribution is 2.14. The molecule has 19 heavy (non-hydrogen) atoms. The van der Waals surface area contributed by atoms with Gasteiger partial charge in [0.05, 0.1) is 12.1 Å². The third-order valence-electron chi connectivity index (χ3n) is 2.78. The lowest BCUT2D eigenvalue weighted by Gasteiger charge is -2.19. The van der Waals surface area contributed by atoms with Crippen LogP contribution in [0.3, 0.4) is 0 Å². The third-order valence-corrected chi connectivity index (χ3v) is 4.15. The van der Waals surface area contributed by atoms with Gasteiger partial charge in [0.1, 0.15) is 10.5 Å². The number of rotatable bonds is 4. The maximum atomic E-state index is 11.9. The number of aromatic amines is 1. The van der Waals surface area contributed by atoms with Gasteiger partial charge in [-0.2, -0.15) is 0 Å². The lowest BCUT2D eigenvalue weighted by molar-refractivity contribution is -0.133. The van der Waals surface area contributed by atoms with Crippen LogP contribution in [-0.4, -0.2) is 33.7 Å². The first-order valence-corrected chi connectivity index (χ1v) is 7.21. The van der Waals surface area contributed by atoms with Gasteiger partial charge < -0.3 is 9.88 Å². The van der Waals surface area contributed by atoms with Crippen LogP contribution in [0.1, 0.15) is 12.7 Å². The Hall–Kier alpha value is -1.40. The van der Waals surface area contributed by atoms with E-state index in [2.05, 4.69) is 9.97 Å². The summed E-state index contributed by atoms with van der Waals surface area (Å²) in [5.41, 5.74) is 0.497. The van der Waals surface area contributed by atoms with Crippen molar-refractivity contribution in [1.29, 1.82) is 0 Å². The van der Waals surface area contributed by atoms with Gasteiger partial charge in [-0.1, -0.05) is 6.92 Å². The summed E-state index contributed by atoms with van der Waals surface area (Å²) in [4.78, 5) is 32.2. The molecule has 0 saturated carbocycles. The number of carbonyl (C=O) groups excluding carboxylic acids is 1. The van der Waals surface area contributed by atoms with E-state index in [4.69, 9.17) is 11.6 Å². The molecule has 0 radical (unpaired) electrons. The van der Waals surface area contributed by atoms with Crippen LogP contribution < -0.4 is 5.56 Å². The third kappa shape index (κ3) is 2.96. The Labute approximate surface area is 119 Å². The first kappa shape index (κ1) is 14.0. The minimum atomic E-state index is -0.247. The molecule has 0 aliphatic rings. The van der Waals surface area contributed by atoms with Gasteiger partial charge in [0.15, 0.2) is 0 Å². The molecule has 2 rings (SSSR count). The van der Waals surface area contributed by atoms with E-state index in [9.17, 15) is 9.59 Å². The van der Waals surface area contributed by atoms with Gasteiger partial charge in [-0.05, 0) is 11.4 Å². The summed E-state index contributed by atoms with van der Waals surface area (Å²) in [5.74, 6) is 0.441. The summed E-state index contributed by atoms with van der Waals surface area (Å²) in [6.07, 6.45) is 0. The number of nitrogens with zero attached hydrogens (tertiary/aromatic N) is 2. The van der Waals surface area contributed by atoms with E-state index in [1.807, 2.05) is 5.38 Å². The largest absolute Gasteiger partial charge is 0.338 e. The molecule has 2 aromatic heterocycles. The number of fused-ring (bicyclic) bond motifs is 1. The lowest BCUT2D eigenvalue weighted by atomic mass is 10.2. The Morgan fingerprint density at radius 3 is 3.05 bits per heavy atom. The lowest BCUT2D eigenvalue weighted by Crippen LogP contribution is -2.33. The molecule has 5 nitrogen and oxygen atoms in total. The molecular formula is C12H14ClN3O2S. The topological polar surface area (TPSA) is 66.1 Å². The molecule has 2 aromatic rings. The van der Waals surface area contributed by atoms with Crippen molar-refractivity contribution < 1.29 is 4.79 Å². The van der Waals surface area contributed by atoms with E-state index in [-0.39, 0.29) is 29.8 Å². The standard InChI is InChI=1S/C12H14ClN3O2S/c1-7(5-13)12(18)16(2)6-9-14-8-3-4-19-10(8)11(17)15-9/h3-4,7H,5-6H2,1-2H3,(H,14,15,17). The first-order valence-electron chi connectivity index (χ1n) is 5.80. The first-order chi connectivity index (χ1) is 9.02. The van der Waals surface area contributed by atoms with E-state index < -0.39 is 0 Å². The number of amides is 1. The molecule has 7 heteroatoms. The Balaban J connectivity index is 2.21. The Morgan fingerprint density at radius 1 is 1.63 bits per heavy atom. The van der Waals surface area contributed by atoms with E-state index >= 15 is 0 Å². The van der Waals surface area contributed by atoms with Crippen molar-refractivity contribution in [1.82, 2.24) is 14.9 Å². The van der Waals surface area contributed by atoms with E-state index in [0.29, 0.717) is 16.0 Å². The summed E-state index contributed by atoms with van der Waals surface area (Å²) < 4.78 is 0.604. The zero-order valence-electron chi connectivity index (χ0n) is 10.6. The second kappa shape index (κ2) is 5.71. The highest BCUT2D eigenvalue weighted by atomic mass is 35.5. The van der Waals surface area contributed by atoms with Gasteiger partial charge in [-0.3, -0.25) is 9.59 Å². The molecule has 1 unspecified atom stereocenters. The summed E-state index contributed by atoms with van der Waals surface area (Å²) >= 11 is 7.02. The highest BCUT2D eigenvalue weighted by Gasteiger charge is 2.17. The molecule has 102 valence electrons. The number of hydrogen-bond acceptors (Lipinski definition) is 4. The Kier molecular flexibility index (Phi) is 4.21. The van der Waals surface area contributed by atoms with Gasteiger partial charge in [-0.25, -0.2) is 4.98 Å². The number of thiophene rings is 1. The zero-order valence-corrected chi connectivity index (χ0v) is 12.2. The highest BCUT2D eigenvalue weighted by molar-refractivity contribution is 7.17. The second-order valence-corrected chi connectivity index (χ2v) is 5.62. The quantitative estimate of drug-likeness (QED) is 0.876. The normalized spacial score (nSPS) is 12.6. The number of nitrogens with one attached hydrogen (secondary N) is 1. The predicted molar refractivity (Wildman–Crippen MR) is 76.6 cm³/mol. The van der Waals surface area contributed by atoms with Gasteiger partial charge >= 0.3 is 0 Å². The number of carbonyl (C=O) groups is 1. The molecule has 0 aliphatic heterocycles. The van der Waals surface area contributed by atoms with Crippen molar-refractivity contribution in [3.63, 3.8) is 0 Å². The number of aromatic nitrogens is 2. The van der Waals surface area contributed by atoms with Gasteiger partial charge in [0.2, 0.25) is 5.91 Å². The SMILES string of the molecule is CC(CCl)C(=O)N(C)Cc1nc2ccsc2c(=O)[nH]1. The number of hydrogen-bond donors (Lipinski definition) is 1. The van der Waals surface area contributed by atoms with Crippen LogP contribution in [0.25, 0.3) is 10.2 Å². The predicted octanol–water partition coefficient (Wildman–Crippen LogP) is 1.82. The van der Waals surface area contributed by atoms with Crippen LogP contribution in [0.4, 0.5) is 0 Å². The molecule has 0 spiro atoms. The van der Waals surface area contributed by atoms with Crippen molar-refractivity contribution in [2.75, 3.05) is 12.9 Å². The Morgan fingerprint density at radius 2 is 2.37 bits per heavy atom. The number of alkyl halides is 1. The average Bonchev–Trinajstić information content (AvgIpc) is 2.85. The van der Waals surface area contributed by atoms with Crippen molar-refractivity contribution in [2.45, 2.75) is 13.5 Å². The summed E-state index contributed by atoms with van der Waals surface area (Å²) in [6.45, 7) is 2.03. The summed E-state index contributed by atoms with van der Waals surface area (Å²) in [6, 6.07) is 1.79. The molecule has 0 fully saturated rings.